The van der Waals surface area contributed by atoms with Crippen molar-refractivity contribution in [3.05, 3.63) is 53.6 Å². The SMILES string of the molecule is CCOc1ccccc1OCC(=O)NC1CCN(C(=O)COc2ccc(Cl)cc2)CC1. The molecule has 1 N–H and O–H groups in total. The van der Waals surface area contributed by atoms with Crippen LogP contribution in [-0.2, 0) is 9.59 Å². The molecule has 1 fully saturated rings. The molecular formula is C23H27ClN2O5. The maximum atomic E-state index is 12.4. The Morgan fingerprint density at radius 2 is 1.61 bits per heavy atom. The number of para-hydroxylation sites is 2. The minimum atomic E-state index is -0.192. The van der Waals surface area contributed by atoms with E-state index in [1.54, 1.807) is 41.3 Å². The summed E-state index contributed by atoms with van der Waals surface area (Å²) in [5, 5.41) is 3.59. The van der Waals surface area contributed by atoms with E-state index < -0.39 is 0 Å². The number of rotatable bonds is 9. The van der Waals surface area contributed by atoms with E-state index in [0.29, 0.717) is 54.8 Å². The monoisotopic (exact) mass is 446 g/mol. The third-order valence-corrected chi connectivity index (χ3v) is 5.15. The topological polar surface area (TPSA) is 77.1 Å². The van der Waals surface area contributed by atoms with Crippen LogP contribution < -0.4 is 19.5 Å². The number of halogens is 1. The number of hydrogen-bond donors (Lipinski definition) is 1. The molecule has 2 aromatic rings. The maximum Gasteiger partial charge on any atom is 0.260 e. The summed E-state index contributed by atoms with van der Waals surface area (Å²) >= 11 is 5.84. The van der Waals surface area contributed by atoms with Crippen LogP contribution in [-0.4, -0.2) is 55.7 Å². The number of nitrogens with zero attached hydrogens (tertiary/aromatic N) is 1. The molecule has 1 aliphatic rings. The van der Waals surface area contributed by atoms with Gasteiger partial charge in [-0.05, 0) is 56.2 Å². The lowest BCUT2D eigenvalue weighted by Gasteiger charge is -2.32. The van der Waals surface area contributed by atoms with E-state index in [-0.39, 0.29) is 31.1 Å². The quantitative estimate of drug-likeness (QED) is 0.639. The fourth-order valence-electron chi connectivity index (χ4n) is 3.30. The largest absolute Gasteiger partial charge is 0.490 e. The van der Waals surface area contributed by atoms with Crippen LogP contribution in [0.15, 0.2) is 48.5 Å². The van der Waals surface area contributed by atoms with Gasteiger partial charge in [0.2, 0.25) is 0 Å². The lowest BCUT2D eigenvalue weighted by molar-refractivity contribution is -0.134. The van der Waals surface area contributed by atoms with Gasteiger partial charge in [-0.25, -0.2) is 0 Å². The summed E-state index contributed by atoms with van der Waals surface area (Å²) in [6.07, 6.45) is 1.38. The van der Waals surface area contributed by atoms with Gasteiger partial charge < -0.3 is 24.4 Å². The molecule has 8 heteroatoms. The summed E-state index contributed by atoms with van der Waals surface area (Å²) in [6, 6.07) is 14.2. The van der Waals surface area contributed by atoms with Crippen LogP contribution in [0.3, 0.4) is 0 Å². The highest BCUT2D eigenvalue weighted by Crippen LogP contribution is 2.26. The second-order valence-corrected chi connectivity index (χ2v) is 7.57. The molecule has 1 heterocycles. The molecule has 166 valence electrons. The van der Waals surface area contributed by atoms with Gasteiger partial charge in [0.05, 0.1) is 6.61 Å². The van der Waals surface area contributed by atoms with Gasteiger partial charge in [0.15, 0.2) is 24.7 Å². The highest BCUT2D eigenvalue weighted by atomic mass is 35.5. The van der Waals surface area contributed by atoms with Crippen molar-refractivity contribution in [1.82, 2.24) is 10.2 Å². The van der Waals surface area contributed by atoms with Crippen LogP contribution in [0.25, 0.3) is 0 Å². The van der Waals surface area contributed by atoms with Gasteiger partial charge in [0.25, 0.3) is 11.8 Å². The summed E-state index contributed by atoms with van der Waals surface area (Å²) in [6.45, 7) is 3.45. The average Bonchev–Trinajstić information content (AvgIpc) is 2.78. The number of carbonyl (C=O) groups excluding carboxylic acids is 2. The molecule has 0 bridgehead atoms. The molecule has 3 rings (SSSR count). The fraction of sp³-hybridized carbons (Fsp3) is 0.391. The highest BCUT2D eigenvalue weighted by Gasteiger charge is 2.24. The number of ether oxygens (including phenoxy) is 3. The fourth-order valence-corrected chi connectivity index (χ4v) is 3.42. The van der Waals surface area contributed by atoms with Gasteiger partial charge in [0.1, 0.15) is 5.75 Å². The van der Waals surface area contributed by atoms with E-state index in [4.69, 9.17) is 25.8 Å². The predicted octanol–water partition coefficient (Wildman–Crippen LogP) is 3.30. The van der Waals surface area contributed by atoms with Crippen molar-refractivity contribution >= 4 is 23.4 Å². The van der Waals surface area contributed by atoms with E-state index in [1.807, 2.05) is 19.1 Å². The van der Waals surface area contributed by atoms with Gasteiger partial charge in [0, 0.05) is 24.2 Å². The van der Waals surface area contributed by atoms with Gasteiger partial charge >= 0.3 is 0 Å². The van der Waals surface area contributed by atoms with E-state index >= 15 is 0 Å². The molecule has 0 atom stereocenters. The number of likely N-dealkylation sites (tertiary alicyclic amines) is 1. The van der Waals surface area contributed by atoms with E-state index in [0.717, 1.165) is 0 Å². The van der Waals surface area contributed by atoms with Crippen LogP contribution in [0.4, 0.5) is 0 Å². The van der Waals surface area contributed by atoms with E-state index in [2.05, 4.69) is 5.32 Å². The molecule has 1 aliphatic heterocycles. The number of piperidine rings is 1. The zero-order valence-electron chi connectivity index (χ0n) is 17.5. The lowest BCUT2D eigenvalue weighted by Crippen LogP contribution is -2.48. The normalized spacial score (nSPS) is 14.1. The molecule has 0 radical (unpaired) electrons. The van der Waals surface area contributed by atoms with Gasteiger partial charge in [-0.2, -0.15) is 0 Å². The highest BCUT2D eigenvalue weighted by molar-refractivity contribution is 6.30. The zero-order valence-corrected chi connectivity index (χ0v) is 18.3. The molecule has 0 aromatic heterocycles. The number of hydrogen-bond acceptors (Lipinski definition) is 5. The molecule has 0 unspecified atom stereocenters. The molecule has 2 aromatic carbocycles. The first kappa shape index (κ1) is 22.7. The summed E-state index contributed by atoms with van der Waals surface area (Å²) in [4.78, 5) is 26.4. The summed E-state index contributed by atoms with van der Waals surface area (Å²) in [7, 11) is 0. The molecule has 0 aliphatic carbocycles. The van der Waals surface area contributed by atoms with Crippen molar-refractivity contribution in [1.29, 1.82) is 0 Å². The number of benzene rings is 2. The van der Waals surface area contributed by atoms with Crippen LogP contribution in [0.1, 0.15) is 19.8 Å². The van der Waals surface area contributed by atoms with Crippen molar-refractivity contribution in [3.63, 3.8) is 0 Å². The predicted molar refractivity (Wildman–Crippen MR) is 118 cm³/mol. The molecule has 2 amide bonds. The smallest absolute Gasteiger partial charge is 0.260 e. The van der Waals surface area contributed by atoms with Crippen molar-refractivity contribution in [2.75, 3.05) is 32.9 Å². The Labute approximate surface area is 187 Å². The Bertz CT molecular complexity index is 867. The van der Waals surface area contributed by atoms with Gasteiger partial charge in [-0.1, -0.05) is 23.7 Å². The summed E-state index contributed by atoms with van der Waals surface area (Å²) < 4.78 is 16.6. The second kappa shape index (κ2) is 11.5. The minimum Gasteiger partial charge on any atom is -0.490 e. The molecule has 7 nitrogen and oxygen atoms in total. The van der Waals surface area contributed by atoms with Crippen molar-refractivity contribution in [2.45, 2.75) is 25.8 Å². The number of amides is 2. The summed E-state index contributed by atoms with van der Waals surface area (Å²) in [5.41, 5.74) is 0. The van der Waals surface area contributed by atoms with Crippen molar-refractivity contribution in [2.24, 2.45) is 0 Å². The zero-order chi connectivity index (χ0) is 22.1. The Morgan fingerprint density at radius 1 is 0.968 bits per heavy atom. The Kier molecular flexibility index (Phi) is 8.41. The third-order valence-electron chi connectivity index (χ3n) is 4.90. The third kappa shape index (κ3) is 7.07. The maximum absolute atomic E-state index is 12.4. The van der Waals surface area contributed by atoms with Gasteiger partial charge in [-0.15, -0.1) is 0 Å². The molecule has 31 heavy (non-hydrogen) atoms. The number of carbonyl (C=O) groups is 2. The molecule has 0 saturated carbocycles. The minimum absolute atomic E-state index is 0.0134. The first-order valence-electron chi connectivity index (χ1n) is 10.3. The molecule has 0 spiro atoms. The first-order valence-corrected chi connectivity index (χ1v) is 10.7. The van der Waals surface area contributed by atoms with Gasteiger partial charge in [-0.3, -0.25) is 9.59 Å². The van der Waals surface area contributed by atoms with Crippen molar-refractivity contribution in [3.8, 4) is 17.2 Å². The van der Waals surface area contributed by atoms with Crippen LogP contribution in [0, 0.1) is 0 Å². The first-order chi connectivity index (χ1) is 15.0. The average molecular weight is 447 g/mol. The molecular weight excluding hydrogens is 420 g/mol. The lowest BCUT2D eigenvalue weighted by atomic mass is 10.1. The summed E-state index contributed by atoms with van der Waals surface area (Å²) in [5.74, 6) is 1.49. The van der Waals surface area contributed by atoms with Crippen LogP contribution in [0.5, 0.6) is 17.2 Å². The van der Waals surface area contributed by atoms with E-state index in [9.17, 15) is 9.59 Å². The van der Waals surface area contributed by atoms with Crippen LogP contribution >= 0.6 is 11.6 Å². The standard InChI is InChI=1S/C23H27ClN2O5/c1-2-29-20-5-3-4-6-21(20)31-15-22(27)25-18-11-13-26(14-12-18)23(28)16-30-19-9-7-17(24)8-10-19/h3-10,18H,2,11-16H2,1H3,(H,25,27). The Hall–Kier alpha value is -2.93. The Balaban J connectivity index is 1.37. The molecule has 1 saturated heterocycles. The van der Waals surface area contributed by atoms with Crippen LogP contribution in [0.2, 0.25) is 5.02 Å². The second-order valence-electron chi connectivity index (χ2n) is 7.13. The van der Waals surface area contributed by atoms with E-state index in [1.165, 1.54) is 0 Å². The van der Waals surface area contributed by atoms with Crippen molar-refractivity contribution < 1.29 is 23.8 Å². The number of nitrogens with one attached hydrogen (secondary N) is 1. The Morgan fingerprint density at radius 3 is 2.26 bits per heavy atom.